The number of hydrogen-bond donors (Lipinski definition) is 0. The summed E-state index contributed by atoms with van der Waals surface area (Å²) in [4.78, 5) is 21.8. The van der Waals surface area contributed by atoms with E-state index >= 15 is 0 Å². The zero-order valence-corrected chi connectivity index (χ0v) is 8.77. The Morgan fingerprint density at radius 3 is 2.75 bits per heavy atom. The summed E-state index contributed by atoms with van der Waals surface area (Å²) in [5.41, 5.74) is 2.11. The molecule has 0 fully saturated rings. The normalized spacial score (nSPS) is 17.6. The van der Waals surface area contributed by atoms with Crippen LogP contribution in [0.15, 0.2) is 35.9 Å². The highest BCUT2D eigenvalue weighted by Gasteiger charge is 2.24. The third-order valence-electron chi connectivity index (χ3n) is 2.41. The quantitative estimate of drug-likeness (QED) is 0.531. The Balaban J connectivity index is 2.50. The van der Waals surface area contributed by atoms with Crippen molar-refractivity contribution in [1.82, 2.24) is 0 Å². The van der Waals surface area contributed by atoms with E-state index in [1.54, 1.807) is 12.0 Å². The number of carbonyl (C=O) groups is 1. The average molecular weight is 214 g/mol. The van der Waals surface area contributed by atoms with Crippen molar-refractivity contribution in [2.45, 2.75) is 13.0 Å². The summed E-state index contributed by atoms with van der Waals surface area (Å²) >= 11 is 0. The average Bonchev–Trinajstić information content (AvgIpc) is 2.29. The van der Waals surface area contributed by atoms with Gasteiger partial charge >= 0.3 is 5.97 Å². The van der Waals surface area contributed by atoms with Crippen LogP contribution in [-0.4, -0.2) is 11.9 Å². The second-order valence-electron chi connectivity index (χ2n) is 3.51. The van der Waals surface area contributed by atoms with Crippen molar-refractivity contribution in [1.29, 1.82) is 0 Å². The summed E-state index contributed by atoms with van der Waals surface area (Å²) in [5, 5.41) is 0. The maximum atomic E-state index is 11.0. The maximum absolute atomic E-state index is 11.0. The monoisotopic (exact) mass is 214 g/mol. The van der Waals surface area contributed by atoms with E-state index in [9.17, 15) is 9.59 Å². The minimum Gasteiger partial charge on any atom is -0.452 e. The van der Waals surface area contributed by atoms with Gasteiger partial charge in [0.2, 0.25) is 0 Å². The molecule has 0 N–H and O–H groups in total. The maximum Gasteiger partial charge on any atom is 0.303 e. The van der Waals surface area contributed by atoms with Crippen molar-refractivity contribution in [3.05, 3.63) is 47.0 Å². The molecule has 0 saturated heterocycles. The van der Waals surface area contributed by atoms with Gasteiger partial charge in [-0.1, -0.05) is 30.3 Å². The van der Waals surface area contributed by atoms with Crippen LogP contribution in [0.1, 0.15) is 24.2 Å². The molecule has 1 aliphatic rings. The van der Waals surface area contributed by atoms with Gasteiger partial charge in [-0.2, -0.15) is 0 Å². The Hall–Kier alpha value is -2.12. The van der Waals surface area contributed by atoms with E-state index in [4.69, 9.17) is 4.74 Å². The van der Waals surface area contributed by atoms with Gasteiger partial charge in [0.05, 0.1) is 5.57 Å². The first-order valence-electron chi connectivity index (χ1n) is 4.91. The highest BCUT2D eigenvalue weighted by Crippen LogP contribution is 2.33. The van der Waals surface area contributed by atoms with Crippen LogP contribution in [0.5, 0.6) is 0 Å². The lowest BCUT2D eigenvalue weighted by Crippen LogP contribution is -2.14. The Labute approximate surface area is 93.0 Å². The molecule has 0 amide bonds. The molecule has 16 heavy (non-hydrogen) atoms. The van der Waals surface area contributed by atoms with E-state index in [0.717, 1.165) is 11.1 Å². The van der Waals surface area contributed by atoms with Gasteiger partial charge in [0.1, 0.15) is 5.94 Å². The molecule has 0 spiro atoms. The Kier molecular flexibility index (Phi) is 2.71. The number of fused-ring (bicyclic) bond motifs is 1. The van der Waals surface area contributed by atoms with Crippen LogP contribution in [0.2, 0.25) is 0 Å². The van der Waals surface area contributed by atoms with Crippen molar-refractivity contribution in [3.8, 4) is 0 Å². The molecule has 2 rings (SSSR count). The van der Waals surface area contributed by atoms with Crippen LogP contribution in [-0.2, 0) is 14.3 Å². The fraction of sp³-hybridized carbons (Fsp3) is 0.154. The minimum atomic E-state index is -0.629. The molecule has 0 aromatic heterocycles. The SMILES string of the molecule is CC(=O)OC1C(=C=O)C=Cc2ccccc21. The molecule has 80 valence electrons. The van der Waals surface area contributed by atoms with Gasteiger partial charge < -0.3 is 4.74 Å². The van der Waals surface area contributed by atoms with Crippen molar-refractivity contribution >= 4 is 18.0 Å². The number of carbonyl (C=O) groups excluding carboxylic acids is 2. The zero-order chi connectivity index (χ0) is 11.5. The van der Waals surface area contributed by atoms with Crippen molar-refractivity contribution in [2.75, 3.05) is 0 Å². The summed E-state index contributed by atoms with van der Waals surface area (Å²) in [7, 11) is 0. The molecule has 1 aliphatic carbocycles. The van der Waals surface area contributed by atoms with Gasteiger partial charge in [-0.3, -0.25) is 4.79 Å². The highest BCUT2D eigenvalue weighted by molar-refractivity contribution is 5.74. The molecule has 0 aliphatic heterocycles. The first kappa shape index (κ1) is 10.4. The molecular weight excluding hydrogens is 204 g/mol. The molecule has 0 heterocycles. The van der Waals surface area contributed by atoms with Crippen LogP contribution < -0.4 is 0 Å². The Morgan fingerprint density at radius 1 is 1.31 bits per heavy atom. The number of rotatable bonds is 1. The molecule has 1 unspecified atom stereocenters. The van der Waals surface area contributed by atoms with Gasteiger partial charge in [-0.15, -0.1) is 0 Å². The first-order valence-corrected chi connectivity index (χ1v) is 4.91. The van der Waals surface area contributed by atoms with Gasteiger partial charge in [-0.05, 0) is 11.6 Å². The van der Waals surface area contributed by atoms with E-state index in [0.29, 0.717) is 5.57 Å². The minimum absolute atomic E-state index is 0.342. The smallest absolute Gasteiger partial charge is 0.303 e. The third-order valence-corrected chi connectivity index (χ3v) is 2.41. The van der Waals surface area contributed by atoms with Gasteiger partial charge in [0.25, 0.3) is 0 Å². The topological polar surface area (TPSA) is 43.4 Å². The van der Waals surface area contributed by atoms with Gasteiger partial charge in [-0.25, -0.2) is 4.79 Å². The van der Waals surface area contributed by atoms with Crippen molar-refractivity contribution < 1.29 is 14.3 Å². The van der Waals surface area contributed by atoms with E-state index in [2.05, 4.69) is 0 Å². The van der Waals surface area contributed by atoms with Crippen LogP contribution in [0.3, 0.4) is 0 Å². The number of benzene rings is 1. The summed E-state index contributed by atoms with van der Waals surface area (Å²) < 4.78 is 5.13. The summed E-state index contributed by atoms with van der Waals surface area (Å²) in [5.74, 6) is 1.39. The predicted molar refractivity (Wildman–Crippen MR) is 59.2 cm³/mol. The summed E-state index contributed by atoms with van der Waals surface area (Å²) in [6, 6.07) is 7.48. The molecule has 3 nitrogen and oxygen atoms in total. The fourth-order valence-electron chi connectivity index (χ4n) is 1.72. The molecule has 0 bridgehead atoms. The first-order chi connectivity index (χ1) is 7.72. The van der Waals surface area contributed by atoms with Gasteiger partial charge in [0.15, 0.2) is 6.10 Å². The number of esters is 1. The Bertz CT molecular complexity index is 508. The Morgan fingerprint density at radius 2 is 2.06 bits per heavy atom. The van der Waals surface area contributed by atoms with E-state index in [-0.39, 0.29) is 0 Å². The molecular formula is C13H10O3. The zero-order valence-electron chi connectivity index (χ0n) is 8.77. The summed E-state index contributed by atoms with van der Waals surface area (Å²) in [6.07, 6.45) is 2.81. The molecule has 0 radical (unpaired) electrons. The number of hydrogen-bond acceptors (Lipinski definition) is 3. The predicted octanol–water partition coefficient (Wildman–Crippen LogP) is 2.08. The molecule has 1 aromatic carbocycles. The third kappa shape index (κ3) is 1.81. The second-order valence-corrected chi connectivity index (χ2v) is 3.51. The molecule has 3 heteroatoms. The fourth-order valence-corrected chi connectivity index (χ4v) is 1.72. The molecule has 1 aromatic rings. The number of ether oxygens (including phenoxy) is 1. The lowest BCUT2D eigenvalue weighted by molar-refractivity contribution is -0.144. The van der Waals surface area contributed by atoms with E-state index in [1.807, 2.05) is 30.3 Å². The van der Waals surface area contributed by atoms with Crippen LogP contribution in [0.4, 0.5) is 0 Å². The molecule has 1 atom stereocenters. The second kappa shape index (κ2) is 4.17. The van der Waals surface area contributed by atoms with Crippen LogP contribution in [0, 0.1) is 0 Å². The van der Waals surface area contributed by atoms with Crippen molar-refractivity contribution in [3.63, 3.8) is 0 Å². The lowest BCUT2D eigenvalue weighted by atomic mass is 9.92. The van der Waals surface area contributed by atoms with E-state index < -0.39 is 12.1 Å². The van der Waals surface area contributed by atoms with Crippen molar-refractivity contribution in [2.24, 2.45) is 0 Å². The molecule has 0 saturated carbocycles. The van der Waals surface area contributed by atoms with Crippen LogP contribution >= 0.6 is 0 Å². The lowest BCUT2D eigenvalue weighted by Gasteiger charge is -2.21. The standard InChI is InChI=1S/C13H10O3/c1-9(15)16-13-11(8-14)7-6-10-4-2-3-5-12(10)13/h2-7,13H,1H3. The van der Waals surface area contributed by atoms with E-state index in [1.165, 1.54) is 6.92 Å². The summed E-state index contributed by atoms with van der Waals surface area (Å²) in [6.45, 7) is 1.32. The van der Waals surface area contributed by atoms with Crippen LogP contribution in [0.25, 0.3) is 6.08 Å². The highest BCUT2D eigenvalue weighted by atomic mass is 16.5. The largest absolute Gasteiger partial charge is 0.452 e. The van der Waals surface area contributed by atoms with Gasteiger partial charge in [0, 0.05) is 12.5 Å².